The summed E-state index contributed by atoms with van der Waals surface area (Å²) < 4.78 is 0. The number of likely N-dealkylation sites (N-methyl/N-ethyl adjacent to an activating group) is 1. The van der Waals surface area contributed by atoms with E-state index in [4.69, 9.17) is 0 Å². The van der Waals surface area contributed by atoms with Crippen LogP contribution in [0.1, 0.15) is 30.1 Å². The highest BCUT2D eigenvalue weighted by Crippen LogP contribution is 2.07. The lowest BCUT2D eigenvalue weighted by molar-refractivity contribution is 0.0942. The minimum Gasteiger partial charge on any atom is -0.310 e. The first kappa shape index (κ1) is 10.9. The van der Waals surface area contributed by atoms with Crippen molar-refractivity contribution in [3.05, 3.63) is 35.9 Å². The Balaban J connectivity index is 2.73. The predicted molar refractivity (Wildman–Crippen MR) is 58.5 cm³/mol. The van der Waals surface area contributed by atoms with Gasteiger partial charge in [-0.3, -0.25) is 4.79 Å². The Hall–Kier alpha value is -1.15. The maximum atomic E-state index is 11.9. The third-order valence-electron chi connectivity index (χ3n) is 2.30. The van der Waals surface area contributed by atoms with Crippen LogP contribution in [0.3, 0.4) is 0 Å². The Morgan fingerprint density at radius 1 is 1.36 bits per heavy atom. The number of Topliss-reactive ketones (excluding diaryl/α,β-unsaturated/α-hetero) is 1. The molecule has 0 spiro atoms. The summed E-state index contributed by atoms with van der Waals surface area (Å²) in [6.07, 6.45) is 1.91. The van der Waals surface area contributed by atoms with Gasteiger partial charge >= 0.3 is 0 Å². The third kappa shape index (κ3) is 2.67. The van der Waals surface area contributed by atoms with Crippen LogP contribution in [-0.4, -0.2) is 18.9 Å². The molecule has 0 aromatic heterocycles. The van der Waals surface area contributed by atoms with Crippen LogP contribution in [-0.2, 0) is 0 Å². The van der Waals surface area contributed by atoms with Gasteiger partial charge in [-0.2, -0.15) is 0 Å². The minimum atomic E-state index is -0.0394. The highest BCUT2D eigenvalue weighted by molar-refractivity contribution is 6.00. The first-order valence-electron chi connectivity index (χ1n) is 5.06. The average Bonchev–Trinajstić information content (AvgIpc) is 2.26. The van der Waals surface area contributed by atoms with Crippen molar-refractivity contribution in [2.24, 2.45) is 0 Å². The van der Waals surface area contributed by atoms with Crippen molar-refractivity contribution in [1.29, 1.82) is 0 Å². The van der Waals surface area contributed by atoms with Crippen molar-refractivity contribution in [3.8, 4) is 0 Å². The van der Waals surface area contributed by atoms with Gasteiger partial charge in [0, 0.05) is 5.56 Å². The Labute approximate surface area is 85.3 Å². The SMILES string of the molecule is CCCC(NC)C(=O)[13c]1[13cH][13cH][13cH][13cH][13cH]1. The Kier molecular flexibility index (Phi) is 4.33. The van der Waals surface area contributed by atoms with E-state index >= 15 is 0 Å². The summed E-state index contributed by atoms with van der Waals surface area (Å²) in [6.45, 7) is 2.09. The smallest absolute Gasteiger partial charge is 0.179 e. The van der Waals surface area contributed by atoms with Crippen LogP contribution in [0, 0.1) is 0 Å². The lowest BCUT2D eigenvalue weighted by Gasteiger charge is -2.13. The molecule has 1 unspecified atom stereocenters. The predicted octanol–water partition coefficient (Wildman–Crippen LogP) is 2.26. The molecule has 76 valence electrons. The lowest BCUT2D eigenvalue weighted by Crippen LogP contribution is -2.33. The number of hydrogen-bond donors (Lipinski definition) is 1. The van der Waals surface area contributed by atoms with E-state index in [-0.39, 0.29) is 11.8 Å². The zero-order valence-electron chi connectivity index (χ0n) is 8.79. The van der Waals surface area contributed by atoms with Crippen molar-refractivity contribution in [1.82, 2.24) is 5.32 Å². The first-order chi connectivity index (χ1) is 6.79. The second-order valence-electron chi connectivity index (χ2n) is 3.36. The van der Waals surface area contributed by atoms with Gasteiger partial charge in [0.15, 0.2) is 5.78 Å². The normalized spacial score (nSPS) is 12.4. The monoisotopic (exact) mass is 197 g/mol. The van der Waals surface area contributed by atoms with Gasteiger partial charge in [-0.15, -0.1) is 0 Å². The number of carbonyl (C=O) groups excluding carboxylic acids is 1. The van der Waals surface area contributed by atoms with Crippen LogP contribution >= 0.6 is 0 Å². The molecule has 14 heavy (non-hydrogen) atoms. The quantitative estimate of drug-likeness (QED) is 0.733. The fourth-order valence-electron chi connectivity index (χ4n) is 1.50. The summed E-state index contributed by atoms with van der Waals surface area (Å²) in [6, 6.07) is 9.40. The number of ketones is 1. The van der Waals surface area contributed by atoms with Crippen LogP contribution < -0.4 is 5.32 Å². The van der Waals surface area contributed by atoms with Crippen LogP contribution in [0.25, 0.3) is 0 Å². The molecule has 1 atom stereocenters. The molecule has 0 aliphatic heterocycles. The van der Waals surface area contributed by atoms with E-state index < -0.39 is 0 Å². The van der Waals surface area contributed by atoms with Crippen molar-refractivity contribution >= 4 is 5.78 Å². The van der Waals surface area contributed by atoms with Gasteiger partial charge in [0.05, 0.1) is 6.04 Å². The Morgan fingerprint density at radius 2 is 2.00 bits per heavy atom. The molecule has 0 aliphatic carbocycles. The molecule has 1 N–H and O–H groups in total. The van der Waals surface area contributed by atoms with Crippen molar-refractivity contribution < 1.29 is 4.79 Å². The van der Waals surface area contributed by atoms with Gasteiger partial charge in [-0.1, -0.05) is 43.7 Å². The standard InChI is InChI=1S/C12H17NO/c1-3-7-11(13-2)12(14)10-8-5-4-6-9-10/h4-6,8-9,11,13H,3,7H2,1-2H3/i4+1,5+1,6+1,8+1,9+1,10+1. The van der Waals surface area contributed by atoms with Gasteiger partial charge in [0.2, 0.25) is 0 Å². The maximum absolute atomic E-state index is 11.9. The third-order valence-corrected chi connectivity index (χ3v) is 2.30. The van der Waals surface area contributed by atoms with E-state index in [1.165, 1.54) is 0 Å². The molecule has 0 radical (unpaired) electrons. The Bertz CT molecular complexity index is 282. The molecule has 2 heteroatoms. The van der Waals surface area contributed by atoms with Crippen LogP contribution in [0.4, 0.5) is 0 Å². The highest BCUT2D eigenvalue weighted by atomic mass is 16.1. The van der Waals surface area contributed by atoms with E-state index in [9.17, 15) is 4.79 Å². The van der Waals surface area contributed by atoms with Crippen molar-refractivity contribution in [2.45, 2.75) is 25.8 Å². The second-order valence-corrected chi connectivity index (χ2v) is 3.36. The summed E-state index contributed by atoms with van der Waals surface area (Å²) in [5.74, 6) is 0.190. The summed E-state index contributed by atoms with van der Waals surface area (Å²) in [5.41, 5.74) is 0.792. The molecule has 1 aromatic rings. The molecule has 0 heterocycles. The fourth-order valence-corrected chi connectivity index (χ4v) is 1.50. The molecule has 1 aromatic carbocycles. The van der Waals surface area contributed by atoms with Gasteiger partial charge in [-0.25, -0.2) is 0 Å². The van der Waals surface area contributed by atoms with Gasteiger partial charge in [0.25, 0.3) is 0 Å². The van der Waals surface area contributed by atoms with Crippen LogP contribution in [0.5, 0.6) is 0 Å². The lowest BCUT2D eigenvalue weighted by atomic mass is 10.1. The van der Waals surface area contributed by atoms with Gasteiger partial charge < -0.3 is 5.32 Å². The topological polar surface area (TPSA) is 29.1 Å². The molecular formula is C12H17NO. The number of rotatable bonds is 5. The minimum absolute atomic E-state index is 0.0394. The molecule has 0 bridgehead atoms. The zero-order chi connectivity index (χ0) is 10.4. The van der Waals surface area contributed by atoms with Crippen molar-refractivity contribution in [3.63, 3.8) is 0 Å². The number of carbonyl (C=O) groups is 1. The summed E-state index contributed by atoms with van der Waals surface area (Å²) in [5, 5.41) is 3.05. The molecule has 2 nitrogen and oxygen atoms in total. The van der Waals surface area contributed by atoms with E-state index in [2.05, 4.69) is 12.2 Å². The first-order valence-corrected chi connectivity index (χ1v) is 5.06. The number of nitrogens with one attached hydrogen (secondary N) is 1. The molecule has 0 saturated carbocycles. The Morgan fingerprint density at radius 3 is 2.50 bits per heavy atom. The molecule has 0 saturated heterocycles. The highest BCUT2D eigenvalue weighted by Gasteiger charge is 2.16. The van der Waals surface area contributed by atoms with Crippen molar-refractivity contribution in [2.75, 3.05) is 7.05 Å². The van der Waals surface area contributed by atoms with Crippen LogP contribution in [0.2, 0.25) is 0 Å². The largest absolute Gasteiger partial charge is 0.310 e. The summed E-state index contributed by atoms with van der Waals surface area (Å²) in [4.78, 5) is 11.9. The summed E-state index contributed by atoms with van der Waals surface area (Å²) >= 11 is 0. The molecule has 0 aliphatic rings. The maximum Gasteiger partial charge on any atom is 0.179 e. The van der Waals surface area contributed by atoms with Gasteiger partial charge in [0.1, 0.15) is 0 Å². The van der Waals surface area contributed by atoms with Gasteiger partial charge in [-0.05, 0) is 13.5 Å². The zero-order valence-corrected chi connectivity index (χ0v) is 8.79. The molecule has 0 amide bonds. The second kappa shape index (κ2) is 5.55. The van der Waals surface area contributed by atoms with E-state index in [1.54, 1.807) is 0 Å². The molecule has 0 fully saturated rings. The van der Waals surface area contributed by atoms with Crippen LogP contribution in [0.15, 0.2) is 30.3 Å². The van der Waals surface area contributed by atoms with E-state index in [0.29, 0.717) is 0 Å². The number of benzene rings is 1. The van der Waals surface area contributed by atoms with E-state index in [0.717, 1.165) is 18.4 Å². The summed E-state index contributed by atoms with van der Waals surface area (Å²) in [7, 11) is 1.83. The fraction of sp³-hybridized carbons (Fsp3) is 0.417. The number of hydrogen-bond acceptors (Lipinski definition) is 2. The average molecular weight is 197 g/mol. The van der Waals surface area contributed by atoms with E-state index in [1.807, 2.05) is 37.4 Å². The molecule has 1 rings (SSSR count). The molecular weight excluding hydrogens is 180 g/mol.